The second-order valence-corrected chi connectivity index (χ2v) is 4.69. The van der Waals surface area contributed by atoms with E-state index in [1.807, 2.05) is 0 Å². The first kappa shape index (κ1) is 13.7. The van der Waals surface area contributed by atoms with Gasteiger partial charge in [0.1, 0.15) is 5.25 Å². The van der Waals surface area contributed by atoms with Crippen molar-refractivity contribution in [2.45, 2.75) is 18.8 Å². The average Bonchev–Trinajstić information content (AvgIpc) is 2.35. The Morgan fingerprint density at radius 2 is 1.94 bits per heavy atom. The van der Waals surface area contributed by atoms with E-state index in [9.17, 15) is 9.59 Å². The predicted molar refractivity (Wildman–Crippen MR) is 65.4 cm³/mol. The molecule has 5 heteroatoms. The van der Waals surface area contributed by atoms with Crippen molar-refractivity contribution in [2.75, 3.05) is 7.11 Å². The van der Waals surface area contributed by atoms with Gasteiger partial charge in [0.25, 0.3) is 0 Å². The van der Waals surface area contributed by atoms with E-state index in [-0.39, 0.29) is 11.7 Å². The highest BCUT2D eigenvalue weighted by molar-refractivity contribution is 8.14. The third-order valence-electron chi connectivity index (χ3n) is 2.16. The maximum absolute atomic E-state index is 11.6. The molecule has 0 amide bonds. The average molecular weight is 254 g/mol. The third kappa shape index (κ3) is 3.87. The van der Waals surface area contributed by atoms with Gasteiger partial charge in [-0.2, -0.15) is 0 Å². The molecular formula is C12H14O4S. The zero-order valence-corrected chi connectivity index (χ0v) is 10.5. The van der Waals surface area contributed by atoms with E-state index in [2.05, 4.69) is 4.74 Å². The lowest BCUT2D eigenvalue weighted by Crippen LogP contribution is -2.12. The van der Waals surface area contributed by atoms with Gasteiger partial charge in [-0.05, 0) is 11.1 Å². The number of aliphatic hydroxyl groups is 1. The molecule has 1 unspecified atom stereocenters. The van der Waals surface area contributed by atoms with Crippen molar-refractivity contribution in [3.05, 3.63) is 35.4 Å². The SMILES string of the molecule is COC(=O)C(SC(C)=O)c1ccc(CO)cc1. The molecule has 1 rings (SSSR count). The van der Waals surface area contributed by atoms with Crippen molar-refractivity contribution < 1.29 is 19.4 Å². The summed E-state index contributed by atoms with van der Waals surface area (Å²) in [5.41, 5.74) is 1.44. The summed E-state index contributed by atoms with van der Waals surface area (Å²) in [6.07, 6.45) is 0. The van der Waals surface area contributed by atoms with Gasteiger partial charge in [0, 0.05) is 6.92 Å². The molecule has 0 aliphatic heterocycles. The van der Waals surface area contributed by atoms with E-state index in [0.29, 0.717) is 5.56 Å². The fourth-order valence-electron chi connectivity index (χ4n) is 1.32. The highest BCUT2D eigenvalue weighted by atomic mass is 32.2. The number of thioether (sulfide) groups is 1. The van der Waals surface area contributed by atoms with Gasteiger partial charge in [0.05, 0.1) is 13.7 Å². The quantitative estimate of drug-likeness (QED) is 0.828. The molecule has 0 radical (unpaired) electrons. The Morgan fingerprint density at radius 3 is 2.35 bits per heavy atom. The van der Waals surface area contributed by atoms with E-state index in [4.69, 9.17) is 5.11 Å². The lowest BCUT2D eigenvalue weighted by atomic mass is 10.1. The summed E-state index contributed by atoms with van der Waals surface area (Å²) in [5.74, 6) is -0.457. The Bertz CT molecular complexity index is 399. The van der Waals surface area contributed by atoms with Crippen LogP contribution in [0.5, 0.6) is 0 Å². The first-order chi connectivity index (χ1) is 8.08. The van der Waals surface area contributed by atoms with Gasteiger partial charge in [-0.25, -0.2) is 0 Å². The fourth-order valence-corrected chi connectivity index (χ4v) is 2.14. The van der Waals surface area contributed by atoms with Crippen LogP contribution in [0.1, 0.15) is 23.3 Å². The number of carbonyl (C=O) groups is 2. The van der Waals surface area contributed by atoms with E-state index in [1.54, 1.807) is 24.3 Å². The molecule has 1 N–H and O–H groups in total. The monoisotopic (exact) mass is 254 g/mol. The van der Waals surface area contributed by atoms with Gasteiger partial charge in [-0.1, -0.05) is 36.0 Å². The number of hydrogen-bond donors (Lipinski definition) is 1. The van der Waals surface area contributed by atoms with Gasteiger partial charge >= 0.3 is 5.97 Å². The molecule has 17 heavy (non-hydrogen) atoms. The number of ether oxygens (including phenoxy) is 1. The Morgan fingerprint density at radius 1 is 1.35 bits per heavy atom. The minimum atomic E-state index is -0.648. The van der Waals surface area contributed by atoms with E-state index in [1.165, 1.54) is 14.0 Å². The summed E-state index contributed by atoms with van der Waals surface area (Å²) in [4.78, 5) is 22.6. The number of methoxy groups -OCH3 is 1. The van der Waals surface area contributed by atoms with Gasteiger partial charge in [0.15, 0.2) is 5.12 Å². The number of benzene rings is 1. The maximum atomic E-state index is 11.6. The zero-order chi connectivity index (χ0) is 12.8. The maximum Gasteiger partial charge on any atom is 0.323 e. The van der Waals surface area contributed by atoms with Crippen molar-refractivity contribution in [3.63, 3.8) is 0 Å². The van der Waals surface area contributed by atoms with Crippen molar-refractivity contribution >= 4 is 22.8 Å². The van der Waals surface area contributed by atoms with Crippen LogP contribution in [0.3, 0.4) is 0 Å². The molecule has 1 aromatic rings. The number of carbonyl (C=O) groups excluding carboxylic acids is 2. The van der Waals surface area contributed by atoms with Crippen LogP contribution in [0, 0.1) is 0 Å². The lowest BCUT2D eigenvalue weighted by molar-refractivity contribution is -0.140. The molecule has 92 valence electrons. The normalized spacial score (nSPS) is 11.9. The second kappa shape index (κ2) is 6.42. The molecule has 0 aliphatic carbocycles. The van der Waals surface area contributed by atoms with E-state index >= 15 is 0 Å². The second-order valence-electron chi connectivity index (χ2n) is 3.41. The predicted octanol–water partition coefficient (Wildman–Crippen LogP) is 1.67. The summed E-state index contributed by atoms with van der Waals surface area (Å²) in [6, 6.07) is 6.85. The third-order valence-corrected chi connectivity index (χ3v) is 3.20. The highest BCUT2D eigenvalue weighted by Gasteiger charge is 2.23. The highest BCUT2D eigenvalue weighted by Crippen LogP contribution is 2.30. The summed E-state index contributed by atoms with van der Waals surface area (Å²) in [7, 11) is 1.29. The largest absolute Gasteiger partial charge is 0.468 e. The van der Waals surface area contributed by atoms with Gasteiger partial charge in [0.2, 0.25) is 0 Å². The van der Waals surface area contributed by atoms with Crippen LogP contribution in [-0.4, -0.2) is 23.3 Å². The smallest absolute Gasteiger partial charge is 0.323 e. The molecule has 0 bridgehead atoms. The summed E-state index contributed by atoms with van der Waals surface area (Å²) in [5, 5.41) is 8.12. The lowest BCUT2D eigenvalue weighted by Gasteiger charge is -2.13. The molecule has 0 saturated heterocycles. The summed E-state index contributed by atoms with van der Waals surface area (Å²) < 4.78 is 4.66. The van der Waals surface area contributed by atoms with Crippen LogP contribution in [0.25, 0.3) is 0 Å². The zero-order valence-electron chi connectivity index (χ0n) is 9.67. The molecule has 4 nitrogen and oxygen atoms in total. The van der Waals surface area contributed by atoms with Gasteiger partial charge < -0.3 is 9.84 Å². The van der Waals surface area contributed by atoms with Crippen molar-refractivity contribution in [1.29, 1.82) is 0 Å². The van der Waals surface area contributed by atoms with Crippen LogP contribution in [-0.2, 0) is 20.9 Å². The minimum absolute atomic E-state index is 0.0526. The van der Waals surface area contributed by atoms with Crippen LogP contribution < -0.4 is 0 Å². The van der Waals surface area contributed by atoms with Crippen LogP contribution in [0.2, 0.25) is 0 Å². The molecule has 1 atom stereocenters. The molecular weight excluding hydrogens is 240 g/mol. The molecule has 0 aromatic heterocycles. The fraction of sp³-hybridized carbons (Fsp3) is 0.333. The van der Waals surface area contributed by atoms with Gasteiger partial charge in [-0.3, -0.25) is 9.59 Å². The van der Waals surface area contributed by atoms with Crippen molar-refractivity contribution in [2.24, 2.45) is 0 Å². The standard InChI is InChI=1S/C12H14O4S/c1-8(14)17-11(12(15)16-2)10-5-3-9(7-13)4-6-10/h3-6,11,13H,7H2,1-2H3. The van der Waals surface area contributed by atoms with E-state index < -0.39 is 11.2 Å². The molecule has 0 aliphatic rings. The first-order valence-electron chi connectivity index (χ1n) is 5.03. The molecule has 0 heterocycles. The number of aliphatic hydroxyl groups excluding tert-OH is 1. The van der Waals surface area contributed by atoms with Crippen LogP contribution in [0.4, 0.5) is 0 Å². The van der Waals surface area contributed by atoms with Crippen molar-refractivity contribution in [1.82, 2.24) is 0 Å². The molecule has 1 aromatic carbocycles. The Labute approximate surface area is 104 Å². The Hall–Kier alpha value is -1.33. The van der Waals surface area contributed by atoms with Crippen LogP contribution in [0.15, 0.2) is 24.3 Å². The molecule has 0 spiro atoms. The summed E-state index contributed by atoms with van der Waals surface area (Å²) in [6.45, 7) is 1.35. The Balaban J connectivity index is 2.95. The van der Waals surface area contributed by atoms with Crippen molar-refractivity contribution in [3.8, 4) is 0 Å². The number of esters is 1. The van der Waals surface area contributed by atoms with Crippen LogP contribution >= 0.6 is 11.8 Å². The minimum Gasteiger partial charge on any atom is -0.468 e. The van der Waals surface area contributed by atoms with E-state index in [0.717, 1.165) is 17.3 Å². The van der Waals surface area contributed by atoms with Gasteiger partial charge in [-0.15, -0.1) is 0 Å². The number of hydrogen-bond acceptors (Lipinski definition) is 5. The first-order valence-corrected chi connectivity index (χ1v) is 5.91. The Kier molecular flexibility index (Phi) is 5.18. The molecule has 0 fully saturated rings. The summed E-state index contributed by atoms with van der Waals surface area (Å²) >= 11 is 0.923. The number of rotatable bonds is 4. The topological polar surface area (TPSA) is 63.6 Å². The molecule has 0 saturated carbocycles.